The third-order valence-corrected chi connectivity index (χ3v) is 6.36. The lowest BCUT2D eigenvalue weighted by molar-refractivity contribution is -0.121. The number of hydrogen-bond donors (Lipinski definition) is 2. The number of hydrogen-bond acceptors (Lipinski definition) is 4. The molecule has 0 radical (unpaired) electrons. The van der Waals surface area contributed by atoms with Crippen LogP contribution in [0.5, 0.6) is 0 Å². The fourth-order valence-electron chi connectivity index (χ4n) is 3.15. The first kappa shape index (κ1) is 23.0. The molecule has 0 spiro atoms. The lowest BCUT2D eigenvalue weighted by Gasteiger charge is -2.10. The van der Waals surface area contributed by atoms with Gasteiger partial charge in [0.15, 0.2) is 0 Å². The maximum atomic E-state index is 12.2. The summed E-state index contributed by atoms with van der Waals surface area (Å²) in [5.74, 6) is -0.238. The number of nitrogens with zero attached hydrogens (tertiary/aromatic N) is 2. The van der Waals surface area contributed by atoms with Crippen molar-refractivity contribution in [3.8, 4) is 0 Å². The number of halogens is 1. The first-order chi connectivity index (χ1) is 14.7. The molecule has 31 heavy (non-hydrogen) atoms. The number of sulfonamides is 1. The zero-order valence-electron chi connectivity index (χ0n) is 17.4. The van der Waals surface area contributed by atoms with Gasteiger partial charge in [-0.2, -0.15) is 5.10 Å². The molecule has 2 N–H and O–H groups in total. The van der Waals surface area contributed by atoms with Gasteiger partial charge in [-0.1, -0.05) is 41.9 Å². The first-order valence-corrected chi connectivity index (χ1v) is 11.7. The van der Waals surface area contributed by atoms with Crippen LogP contribution in [0, 0.1) is 13.8 Å². The Labute approximate surface area is 187 Å². The minimum Gasteiger partial charge on any atom is -0.352 e. The quantitative estimate of drug-likeness (QED) is 0.513. The molecule has 7 nitrogen and oxygen atoms in total. The molecule has 0 aliphatic heterocycles. The molecule has 164 valence electrons. The van der Waals surface area contributed by atoms with E-state index in [9.17, 15) is 13.2 Å². The van der Waals surface area contributed by atoms with Gasteiger partial charge in [-0.3, -0.25) is 9.48 Å². The van der Waals surface area contributed by atoms with Gasteiger partial charge in [-0.15, -0.1) is 0 Å². The van der Waals surface area contributed by atoms with Crippen LogP contribution in [-0.4, -0.2) is 30.7 Å². The predicted molar refractivity (Wildman–Crippen MR) is 120 cm³/mol. The molecule has 3 rings (SSSR count). The molecule has 0 bridgehead atoms. The van der Waals surface area contributed by atoms with Crippen molar-refractivity contribution in [2.24, 2.45) is 0 Å². The molecule has 0 saturated heterocycles. The summed E-state index contributed by atoms with van der Waals surface area (Å²) in [5, 5.41) is 7.63. The van der Waals surface area contributed by atoms with Crippen LogP contribution < -0.4 is 10.0 Å². The van der Waals surface area contributed by atoms with Gasteiger partial charge in [0.2, 0.25) is 15.9 Å². The highest BCUT2D eigenvalue weighted by molar-refractivity contribution is 7.89. The topological polar surface area (TPSA) is 93.1 Å². The Morgan fingerprint density at radius 1 is 1.06 bits per heavy atom. The van der Waals surface area contributed by atoms with E-state index in [1.54, 1.807) is 12.1 Å². The van der Waals surface area contributed by atoms with Crippen molar-refractivity contribution >= 4 is 27.5 Å². The van der Waals surface area contributed by atoms with Crippen molar-refractivity contribution in [3.05, 3.63) is 82.1 Å². The van der Waals surface area contributed by atoms with Gasteiger partial charge in [-0.05, 0) is 49.2 Å². The third kappa shape index (κ3) is 6.65. The molecule has 0 aliphatic carbocycles. The van der Waals surface area contributed by atoms with Crippen molar-refractivity contribution in [2.75, 3.05) is 6.54 Å². The fraction of sp³-hybridized carbons (Fsp3) is 0.273. The van der Waals surface area contributed by atoms with E-state index in [2.05, 4.69) is 15.1 Å². The molecular formula is C22H25ClN4O3S. The Kier molecular flexibility index (Phi) is 7.48. The SMILES string of the molecule is Cc1cc(C)n(Cc2cccc(CNC(=O)CCNS(=O)(=O)c3cccc(Cl)c3)c2)n1. The predicted octanol–water partition coefficient (Wildman–Crippen LogP) is 3.19. The second-order valence-electron chi connectivity index (χ2n) is 7.29. The zero-order chi connectivity index (χ0) is 22.4. The lowest BCUT2D eigenvalue weighted by Crippen LogP contribution is -2.30. The Morgan fingerprint density at radius 2 is 1.81 bits per heavy atom. The van der Waals surface area contributed by atoms with Crippen molar-refractivity contribution in [1.29, 1.82) is 0 Å². The second-order valence-corrected chi connectivity index (χ2v) is 9.49. The smallest absolute Gasteiger partial charge is 0.240 e. The van der Waals surface area contributed by atoms with E-state index in [1.807, 2.05) is 48.9 Å². The van der Waals surface area contributed by atoms with E-state index >= 15 is 0 Å². The molecule has 2 aromatic carbocycles. The van der Waals surface area contributed by atoms with Crippen LogP contribution in [0.2, 0.25) is 5.02 Å². The summed E-state index contributed by atoms with van der Waals surface area (Å²) in [5.41, 5.74) is 4.13. The van der Waals surface area contributed by atoms with Crippen molar-refractivity contribution in [1.82, 2.24) is 19.8 Å². The molecule has 0 unspecified atom stereocenters. The summed E-state index contributed by atoms with van der Waals surface area (Å²) < 4.78 is 28.9. The number of carbonyl (C=O) groups excluding carboxylic acids is 1. The molecule has 0 aliphatic rings. The molecule has 1 heterocycles. The second kappa shape index (κ2) is 10.1. The number of aromatic nitrogens is 2. The highest BCUT2D eigenvalue weighted by Crippen LogP contribution is 2.15. The van der Waals surface area contributed by atoms with Crippen LogP contribution in [-0.2, 0) is 27.9 Å². The normalized spacial score (nSPS) is 11.5. The number of benzene rings is 2. The summed E-state index contributed by atoms with van der Waals surface area (Å²) in [4.78, 5) is 12.2. The van der Waals surface area contributed by atoms with Gasteiger partial charge in [0.05, 0.1) is 17.1 Å². The summed E-state index contributed by atoms with van der Waals surface area (Å²) in [6, 6.07) is 15.9. The van der Waals surface area contributed by atoms with Gasteiger partial charge >= 0.3 is 0 Å². The van der Waals surface area contributed by atoms with Gasteiger partial charge < -0.3 is 5.32 Å². The number of amides is 1. The van der Waals surface area contributed by atoms with Crippen LogP contribution in [0.25, 0.3) is 0 Å². The molecule has 1 amide bonds. The van der Waals surface area contributed by atoms with Crippen LogP contribution in [0.15, 0.2) is 59.5 Å². The standard InChI is InChI=1S/C22H25ClN4O3S/c1-16-11-17(2)27(26-16)15-19-6-3-5-18(12-19)14-24-22(28)9-10-25-31(29,30)21-8-4-7-20(23)13-21/h3-8,11-13,25H,9-10,14-15H2,1-2H3,(H,24,28). The van der Waals surface area contributed by atoms with Crippen LogP contribution >= 0.6 is 11.6 Å². The monoisotopic (exact) mass is 460 g/mol. The Hall–Kier alpha value is -2.68. The van der Waals surface area contributed by atoms with Crippen LogP contribution in [0.1, 0.15) is 28.9 Å². The van der Waals surface area contributed by atoms with Gasteiger partial charge in [0.25, 0.3) is 0 Å². The van der Waals surface area contributed by atoms with E-state index in [0.717, 1.165) is 22.5 Å². The highest BCUT2D eigenvalue weighted by atomic mass is 35.5. The largest absolute Gasteiger partial charge is 0.352 e. The van der Waals surface area contributed by atoms with Crippen LogP contribution in [0.4, 0.5) is 0 Å². The van der Waals surface area contributed by atoms with E-state index in [-0.39, 0.29) is 23.8 Å². The van der Waals surface area contributed by atoms with Crippen molar-refractivity contribution < 1.29 is 13.2 Å². The summed E-state index contributed by atoms with van der Waals surface area (Å²) in [7, 11) is -3.71. The average Bonchev–Trinajstić information content (AvgIpc) is 3.03. The number of aryl methyl sites for hydroxylation is 2. The Morgan fingerprint density at radius 3 is 2.52 bits per heavy atom. The highest BCUT2D eigenvalue weighted by Gasteiger charge is 2.14. The van der Waals surface area contributed by atoms with Crippen molar-refractivity contribution in [2.45, 2.75) is 38.3 Å². The zero-order valence-corrected chi connectivity index (χ0v) is 19.0. The van der Waals surface area contributed by atoms with E-state index < -0.39 is 10.0 Å². The molecule has 1 aromatic heterocycles. The van der Waals surface area contributed by atoms with E-state index in [1.165, 1.54) is 12.1 Å². The molecule has 3 aromatic rings. The molecule has 0 saturated carbocycles. The summed E-state index contributed by atoms with van der Waals surface area (Å²) in [6.45, 7) is 5.01. The van der Waals surface area contributed by atoms with Crippen LogP contribution in [0.3, 0.4) is 0 Å². The lowest BCUT2D eigenvalue weighted by atomic mass is 10.1. The number of carbonyl (C=O) groups is 1. The average molecular weight is 461 g/mol. The summed E-state index contributed by atoms with van der Waals surface area (Å²) >= 11 is 5.84. The van der Waals surface area contributed by atoms with Gasteiger partial charge in [0, 0.05) is 30.2 Å². The minimum absolute atomic E-state index is 0.00134. The maximum Gasteiger partial charge on any atom is 0.240 e. The molecule has 0 atom stereocenters. The number of nitrogens with one attached hydrogen (secondary N) is 2. The third-order valence-electron chi connectivity index (χ3n) is 4.67. The summed E-state index contributed by atoms with van der Waals surface area (Å²) in [6.07, 6.45) is 0.0330. The molecule has 0 fully saturated rings. The first-order valence-electron chi connectivity index (χ1n) is 9.84. The molecule has 9 heteroatoms. The number of rotatable bonds is 9. The van der Waals surface area contributed by atoms with E-state index in [4.69, 9.17) is 11.6 Å². The Bertz CT molecular complexity index is 1180. The van der Waals surface area contributed by atoms with E-state index in [0.29, 0.717) is 18.1 Å². The minimum atomic E-state index is -3.71. The Balaban J connectivity index is 1.48. The molecular weight excluding hydrogens is 436 g/mol. The van der Waals surface area contributed by atoms with Crippen molar-refractivity contribution in [3.63, 3.8) is 0 Å². The van der Waals surface area contributed by atoms with Gasteiger partial charge in [0.1, 0.15) is 0 Å². The fourth-order valence-corrected chi connectivity index (χ4v) is 4.48. The maximum absolute atomic E-state index is 12.2. The van der Waals surface area contributed by atoms with Gasteiger partial charge in [-0.25, -0.2) is 13.1 Å².